The van der Waals surface area contributed by atoms with E-state index in [0.29, 0.717) is 6.61 Å². The zero-order valence-corrected chi connectivity index (χ0v) is 14.6. The van der Waals surface area contributed by atoms with Crippen LogP contribution in [0, 0.1) is 13.8 Å². The van der Waals surface area contributed by atoms with E-state index in [0.717, 1.165) is 48.2 Å². The second-order valence-electron chi connectivity index (χ2n) is 6.77. The molecule has 8 nitrogen and oxygen atoms in total. The number of hydrogen-bond acceptors (Lipinski definition) is 7. The summed E-state index contributed by atoms with van der Waals surface area (Å²) in [6.07, 6.45) is 2.95. The van der Waals surface area contributed by atoms with Gasteiger partial charge >= 0.3 is 0 Å². The van der Waals surface area contributed by atoms with Gasteiger partial charge in [-0.3, -0.25) is 0 Å². The molecule has 0 unspecified atom stereocenters. The Morgan fingerprint density at radius 1 is 1.25 bits per heavy atom. The number of fused-ring (bicyclic) bond motifs is 3. The van der Waals surface area contributed by atoms with Crippen LogP contribution in [0.1, 0.15) is 29.4 Å². The summed E-state index contributed by atoms with van der Waals surface area (Å²) in [7, 11) is 3.94. The van der Waals surface area contributed by atoms with Crippen LogP contribution in [0.4, 0.5) is 11.8 Å². The average Bonchev–Trinajstić information content (AvgIpc) is 3.05. The molecule has 0 spiro atoms. The molecule has 2 aromatic heterocycles. The number of piperidine rings is 1. The first-order valence-electron chi connectivity index (χ1n) is 8.32. The third kappa shape index (κ3) is 2.41. The van der Waals surface area contributed by atoms with Crippen LogP contribution in [0.5, 0.6) is 0 Å². The highest BCUT2D eigenvalue weighted by Gasteiger charge is 2.37. The van der Waals surface area contributed by atoms with Crippen molar-refractivity contribution in [2.24, 2.45) is 0 Å². The Hall–Kier alpha value is -2.22. The van der Waals surface area contributed by atoms with E-state index in [1.54, 1.807) is 6.20 Å². The van der Waals surface area contributed by atoms with Crippen LogP contribution in [0.3, 0.4) is 0 Å². The van der Waals surface area contributed by atoms with Gasteiger partial charge in [0.15, 0.2) is 0 Å². The van der Waals surface area contributed by atoms with E-state index in [-0.39, 0.29) is 12.1 Å². The van der Waals surface area contributed by atoms with E-state index in [1.165, 1.54) is 0 Å². The van der Waals surface area contributed by atoms with Gasteiger partial charge in [-0.25, -0.2) is 9.67 Å². The molecule has 4 rings (SSSR count). The summed E-state index contributed by atoms with van der Waals surface area (Å²) in [5.41, 5.74) is 3.20. The van der Waals surface area contributed by atoms with Crippen molar-refractivity contribution in [2.75, 3.05) is 37.0 Å². The number of nitrogens with zero attached hydrogens (tertiary/aromatic N) is 7. The molecular weight excluding hydrogens is 306 g/mol. The normalized spacial score (nSPS) is 22.9. The van der Waals surface area contributed by atoms with Crippen molar-refractivity contribution in [2.45, 2.75) is 39.0 Å². The van der Waals surface area contributed by atoms with E-state index in [9.17, 15) is 0 Å². The molecule has 0 aliphatic carbocycles. The third-order valence-corrected chi connectivity index (χ3v) is 4.98. The number of hydrogen-bond donors (Lipinski definition) is 0. The zero-order valence-electron chi connectivity index (χ0n) is 14.6. The molecule has 2 aromatic rings. The van der Waals surface area contributed by atoms with Gasteiger partial charge in [0.2, 0.25) is 5.95 Å². The van der Waals surface area contributed by atoms with Gasteiger partial charge in [-0.15, -0.1) is 5.10 Å². The monoisotopic (exact) mass is 329 g/mol. The second-order valence-corrected chi connectivity index (χ2v) is 6.77. The molecule has 0 aromatic carbocycles. The van der Waals surface area contributed by atoms with E-state index in [4.69, 9.17) is 9.72 Å². The molecule has 2 atom stereocenters. The molecule has 0 saturated carbocycles. The van der Waals surface area contributed by atoms with Crippen LogP contribution in [-0.2, 0) is 11.3 Å². The zero-order chi connectivity index (χ0) is 16.8. The smallest absolute Gasteiger partial charge is 0.227 e. The molecule has 8 heteroatoms. The molecule has 4 heterocycles. The summed E-state index contributed by atoms with van der Waals surface area (Å²) < 4.78 is 8.02. The van der Waals surface area contributed by atoms with Crippen molar-refractivity contribution >= 4 is 11.8 Å². The van der Waals surface area contributed by atoms with E-state index in [2.05, 4.69) is 27.1 Å². The maximum Gasteiger partial charge on any atom is 0.227 e. The Morgan fingerprint density at radius 3 is 2.88 bits per heavy atom. The number of aryl methyl sites for hydroxylation is 1. The van der Waals surface area contributed by atoms with Crippen LogP contribution in [0.2, 0.25) is 0 Å². The highest BCUT2D eigenvalue weighted by atomic mass is 16.5. The lowest BCUT2D eigenvalue weighted by Gasteiger charge is -2.42. The molecule has 1 fully saturated rings. The fraction of sp³-hybridized carbons (Fsp3) is 0.625. The van der Waals surface area contributed by atoms with Crippen molar-refractivity contribution < 1.29 is 4.74 Å². The maximum absolute atomic E-state index is 6.00. The molecule has 0 N–H and O–H groups in total. The summed E-state index contributed by atoms with van der Waals surface area (Å²) in [4.78, 5) is 13.6. The minimum Gasteiger partial charge on any atom is -0.370 e. The molecule has 1 saturated heterocycles. The minimum atomic E-state index is 0.183. The number of aromatic nitrogens is 5. The van der Waals surface area contributed by atoms with Crippen LogP contribution >= 0.6 is 0 Å². The van der Waals surface area contributed by atoms with Gasteiger partial charge in [0, 0.05) is 38.4 Å². The Morgan fingerprint density at radius 2 is 2.08 bits per heavy atom. The van der Waals surface area contributed by atoms with Gasteiger partial charge in [0.1, 0.15) is 5.82 Å². The van der Waals surface area contributed by atoms with Gasteiger partial charge in [-0.05, 0) is 20.3 Å². The first kappa shape index (κ1) is 15.3. The van der Waals surface area contributed by atoms with Crippen LogP contribution in [-0.4, -0.2) is 58.3 Å². The number of ether oxygens (including phenoxy) is 1. The molecule has 128 valence electrons. The van der Waals surface area contributed by atoms with E-state index in [1.807, 2.05) is 30.6 Å². The number of anilines is 2. The lowest BCUT2D eigenvalue weighted by molar-refractivity contribution is -0.0373. The lowest BCUT2D eigenvalue weighted by Crippen LogP contribution is -2.48. The summed E-state index contributed by atoms with van der Waals surface area (Å²) in [5, 5.41) is 8.32. The van der Waals surface area contributed by atoms with Crippen LogP contribution in [0.25, 0.3) is 0 Å². The fourth-order valence-corrected chi connectivity index (χ4v) is 3.48. The topological polar surface area (TPSA) is 72.2 Å². The lowest BCUT2D eigenvalue weighted by atomic mass is 10.00. The van der Waals surface area contributed by atoms with Gasteiger partial charge in [0.05, 0.1) is 30.6 Å². The van der Waals surface area contributed by atoms with Crippen LogP contribution < -0.4 is 9.80 Å². The van der Waals surface area contributed by atoms with Gasteiger partial charge < -0.3 is 14.5 Å². The maximum atomic E-state index is 6.00. The third-order valence-electron chi connectivity index (χ3n) is 4.98. The van der Waals surface area contributed by atoms with Gasteiger partial charge in [-0.2, -0.15) is 4.98 Å². The van der Waals surface area contributed by atoms with Gasteiger partial charge in [-0.1, -0.05) is 5.21 Å². The first-order chi connectivity index (χ1) is 11.5. The highest BCUT2D eigenvalue weighted by Crippen LogP contribution is 2.33. The molecule has 0 bridgehead atoms. The Labute approximate surface area is 141 Å². The van der Waals surface area contributed by atoms with Crippen molar-refractivity contribution in [3.05, 3.63) is 23.1 Å². The highest BCUT2D eigenvalue weighted by molar-refractivity contribution is 5.52. The number of rotatable bonds is 2. The van der Waals surface area contributed by atoms with E-state index >= 15 is 0 Å². The molecule has 0 amide bonds. The second kappa shape index (κ2) is 5.70. The quantitative estimate of drug-likeness (QED) is 0.817. The van der Waals surface area contributed by atoms with Crippen molar-refractivity contribution in [1.82, 2.24) is 25.0 Å². The molecule has 24 heavy (non-hydrogen) atoms. The van der Waals surface area contributed by atoms with Crippen molar-refractivity contribution in [3.63, 3.8) is 0 Å². The Bertz CT molecular complexity index is 757. The summed E-state index contributed by atoms with van der Waals surface area (Å²) >= 11 is 0. The minimum absolute atomic E-state index is 0.183. The fourth-order valence-electron chi connectivity index (χ4n) is 3.48. The summed E-state index contributed by atoms with van der Waals surface area (Å²) in [6, 6.07) is 0.183. The van der Waals surface area contributed by atoms with E-state index < -0.39 is 0 Å². The molecule has 2 aliphatic heterocycles. The summed E-state index contributed by atoms with van der Waals surface area (Å²) in [6.45, 7) is 6.49. The Kier molecular flexibility index (Phi) is 3.64. The largest absolute Gasteiger partial charge is 0.370 e. The molecule has 2 aliphatic rings. The molecular formula is C16H23N7O. The van der Waals surface area contributed by atoms with Gasteiger partial charge in [0.25, 0.3) is 0 Å². The average molecular weight is 329 g/mol. The van der Waals surface area contributed by atoms with Crippen molar-refractivity contribution in [1.29, 1.82) is 0 Å². The molecule has 0 radical (unpaired) electrons. The predicted octanol–water partition coefficient (Wildman–Crippen LogP) is 1.10. The SMILES string of the molecule is Cc1nc(N(C)C)nc(N2CC[C@H]3OCc4cnnn4[C@@H]3C2)c1C. The van der Waals surface area contributed by atoms with Crippen molar-refractivity contribution in [3.8, 4) is 0 Å². The standard InChI is InChI=1S/C16H23N7O/c1-10-11(2)18-16(21(3)4)19-15(10)22-6-5-14-13(8-22)23-12(9-24-14)7-17-20-23/h7,13-14H,5-6,8-9H2,1-4H3/t13-,14-/m1/s1. The van der Waals surface area contributed by atoms with Crippen LogP contribution in [0.15, 0.2) is 6.20 Å². The first-order valence-corrected chi connectivity index (χ1v) is 8.32. The Balaban J connectivity index is 1.67. The summed E-state index contributed by atoms with van der Waals surface area (Å²) in [5.74, 6) is 1.76. The predicted molar refractivity (Wildman–Crippen MR) is 90.3 cm³/mol.